The highest BCUT2D eigenvalue weighted by Crippen LogP contribution is 2.16. The summed E-state index contributed by atoms with van der Waals surface area (Å²) in [6.45, 7) is 4.01. The van der Waals surface area contributed by atoms with Gasteiger partial charge in [-0.1, -0.05) is 13.0 Å². The first-order valence-electron chi connectivity index (χ1n) is 7.66. The molecule has 0 spiro atoms. The van der Waals surface area contributed by atoms with Crippen LogP contribution < -0.4 is 15.4 Å². The highest BCUT2D eigenvalue weighted by molar-refractivity contribution is 7.80. The molecule has 0 saturated heterocycles. The largest absolute Gasteiger partial charge is 0.508 e. The monoisotopic (exact) mass is 344 g/mol. The van der Waals surface area contributed by atoms with Gasteiger partial charge in [-0.2, -0.15) is 0 Å². The van der Waals surface area contributed by atoms with Gasteiger partial charge in [0.2, 0.25) is 0 Å². The molecule has 0 aromatic heterocycles. The fourth-order valence-corrected chi connectivity index (χ4v) is 2.12. The Bertz CT molecular complexity index is 716. The van der Waals surface area contributed by atoms with E-state index in [1.807, 2.05) is 19.9 Å². The molecule has 2 aromatic carbocycles. The Morgan fingerprint density at radius 3 is 2.62 bits per heavy atom. The van der Waals surface area contributed by atoms with Crippen LogP contribution in [0.5, 0.6) is 11.5 Å². The molecule has 24 heavy (non-hydrogen) atoms. The minimum absolute atomic E-state index is 0.0838. The van der Waals surface area contributed by atoms with Crippen LogP contribution in [0.2, 0.25) is 0 Å². The Hall–Kier alpha value is -2.60. The smallest absolute Gasteiger partial charge is 0.257 e. The number of amides is 1. The van der Waals surface area contributed by atoms with E-state index in [1.165, 1.54) is 12.1 Å². The first-order valence-corrected chi connectivity index (χ1v) is 8.07. The molecule has 3 N–H and O–H groups in total. The molecule has 0 aliphatic rings. The number of ether oxygens (including phenoxy) is 1. The zero-order valence-electron chi connectivity index (χ0n) is 13.6. The molecule has 1 amide bonds. The van der Waals surface area contributed by atoms with Crippen molar-refractivity contribution in [2.24, 2.45) is 0 Å². The van der Waals surface area contributed by atoms with E-state index in [2.05, 4.69) is 10.6 Å². The first-order chi connectivity index (χ1) is 11.5. The number of anilines is 1. The van der Waals surface area contributed by atoms with Gasteiger partial charge in [-0.3, -0.25) is 10.1 Å². The summed E-state index contributed by atoms with van der Waals surface area (Å²) in [7, 11) is 0. The van der Waals surface area contributed by atoms with E-state index < -0.39 is 0 Å². The molecule has 5 nitrogen and oxygen atoms in total. The Morgan fingerprint density at radius 1 is 1.25 bits per heavy atom. The first kappa shape index (κ1) is 17.7. The standard InChI is InChI=1S/C18H20N2O3S/c1-3-12(2)23-16-6-4-5-13(11-16)17(22)20-18(24)19-14-7-9-15(21)10-8-14/h4-12,21H,3H2,1-2H3,(H2,19,20,22,24). The molecule has 2 rings (SSSR count). The number of aromatic hydroxyl groups is 1. The van der Waals surface area contributed by atoms with Crippen LogP contribution in [-0.4, -0.2) is 22.2 Å². The third-order valence-electron chi connectivity index (χ3n) is 3.36. The van der Waals surface area contributed by atoms with E-state index in [4.69, 9.17) is 17.0 Å². The average Bonchev–Trinajstić information content (AvgIpc) is 2.57. The Kier molecular flexibility index (Phi) is 6.14. The predicted molar refractivity (Wildman–Crippen MR) is 98.6 cm³/mol. The fraction of sp³-hybridized carbons (Fsp3) is 0.222. The minimum atomic E-state index is -0.319. The lowest BCUT2D eigenvalue weighted by Gasteiger charge is -2.14. The maximum atomic E-state index is 12.3. The van der Waals surface area contributed by atoms with Gasteiger partial charge in [0.1, 0.15) is 11.5 Å². The van der Waals surface area contributed by atoms with Gasteiger partial charge < -0.3 is 15.2 Å². The van der Waals surface area contributed by atoms with Crippen LogP contribution in [0.4, 0.5) is 5.69 Å². The number of carbonyl (C=O) groups is 1. The highest BCUT2D eigenvalue weighted by Gasteiger charge is 2.10. The molecule has 0 aliphatic carbocycles. The lowest BCUT2D eigenvalue weighted by molar-refractivity contribution is 0.0977. The van der Waals surface area contributed by atoms with Crippen molar-refractivity contribution in [3.63, 3.8) is 0 Å². The van der Waals surface area contributed by atoms with Gasteiger partial charge in [-0.15, -0.1) is 0 Å². The molecule has 0 bridgehead atoms. The van der Waals surface area contributed by atoms with Crippen LogP contribution in [0.15, 0.2) is 48.5 Å². The van der Waals surface area contributed by atoms with Gasteiger partial charge in [0.05, 0.1) is 6.10 Å². The quantitative estimate of drug-likeness (QED) is 0.570. The fourth-order valence-electron chi connectivity index (χ4n) is 1.91. The molecule has 126 valence electrons. The van der Waals surface area contributed by atoms with Gasteiger partial charge in [0.15, 0.2) is 5.11 Å². The van der Waals surface area contributed by atoms with E-state index in [1.54, 1.807) is 30.3 Å². The highest BCUT2D eigenvalue weighted by atomic mass is 32.1. The van der Waals surface area contributed by atoms with Gasteiger partial charge in [0, 0.05) is 11.3 Å². The van der Waals surface area contributed by atoms with Gasteiger partial charge in [0.25, 0.3) is 5.91 Å². The number of benzene rings is 2. The van der Waals surface area contributed by atoms with Crippen molar-refractivity contribution in [3.8, 4) is 11.5 Å². The number of rotatable bonds is 5. The van der Waals surface area contributed by atoms with Gasteiger partial charge >= 0.3 is 0 Å². The van der Waals surface area contributed by atoms with Crippen LogP contribution in [0.25, 0.3) is 0 Å². The van der Waals surface area contributed by atoms with E-state index in [9.17, 15) is 9.90 Å². The normalized spacial score (nSPS) is 11.4. The maximum absolute atomic E-state index is 12.3. The lowest BCUT2D eigenvalue weighted by atomic mass is 10.2. The number of phenolic OH excluding ortho intramolecular Hbond substituents is 1. The van der Waals surface area contributed by atoms with E-state index in [0.29, 0.717) is 17.0 Å². The van der Waals surface area contributed by atoms with Crippen LogP contribution >= 0.6 is 12.2 Å². The zero-order valence-corrected chi connectivity index (χ0v) is 14.4. The topological polar surface area (TPSA) is 70.6 Å². The number of carbonyl (C=O) groups excluding carboxylic acids is 1. The maximum Gasteiger partial charge on any atom is 0.257 e. The molecule has 1 atom stereocenters. The van der Waals surface area contributed by atoms with Gasteiger partial charge in [-0.05, 0) is 68.0 Å². The van der Waals surface area contributed by atoms with E-state index in [0.717, 1.165) is 6.42 Å². The molecule has 0 fully saturated rings. The molecule has 0 radical (unpaired) electrons. The second kappa shape index (κ2) is 8.31. The Morgan fingerprint density at radius 2 is 1.96 bits per heavy atom. The van der Waals surface area contributed by atoms with Crippen molar-refractivity contribution in [2.45, 2.75) is 26.4 Å². The third kappa shape index (κ3) is 5.24. The molecule has 1 unspecified atom stereocenters. The van der Waals surface area contributed by atoms with Crippen molar-refractivity contribution < 1.29 is 14.6 Å². The number of hydrogen-bond acceptors (Lipinski definition) is 4. The number of thiocarbonyl (C=S) groups is 1. The summed E-state index contributed by atoms with van der Waals surface area (Å²) in [5.74, 6) is 0.490. The van der Waals surface area contributed by atoms with Crippen molar-refractivity contribution in [1.29, 1.82) is 0 Å². The molecular weight excluding hydrogens is 324 g/mol. The minimum Gasteiger partial charge on any atom is -0.508 e. The summed E-state index contributed by atoms with van der Waals surface area (Å²) in [6, 6.07) is 13.3. The summed E-state index contributed by atoms with van der Waals surface area (Å²) in [6.07, 6.45) is 0.970. The molecule has 0 aliphatic heterocycles. The lowest BCUT2D eigenvalue weighted by Crippen LogP contribution is -2.34. The number of hydrogen-bond donors (Lipinski definition) is 3. The Labute approximate surface area is 146 Å². The predicted octanol–water partition coefficient (Wildman–Crippen LogP) is 3.70. The summed E-state index contributed by atoms with van der Waals surface area (Å²) >= 11 is 5.13. The van der Waals surface area contributed by atoms with Crippen LogP contribution in [0.3, 0.4) is 0 Å². The number of nitrogens with one attached hydrogen (secondary N) is 2. The van der Waals surface area contributed by atoms with E-state index >= 15 is 0 Å². The Balaban J connectivity index is 1.97. The van der Waals surface area contributed by atoms with E-state index in [-0.39, 0.29) is 22.9 Å². The van der Waals surface area contributed by atoms with Crippen molar-refractivity contribution in [1.82, 2.24) is 5.32 Å². The van der Waals surface area contributed by atoms with Crippen molar-refractivity contribution in [2.75, 3.05) is 5.32 Å². The third-order valence-corrected chi connectivity index (χ3v) is 3.56. The summed E-state index contributed by atoms with van der Waals surface area (Å²) < 4.78 is 5.71. The molecule has 6 heteroatoms. The van der Waals surface area contributed by atoms with Gasteiger partial charge in [-0.25, -0.2) is 0 Å². The van der Waals surface area contributed by atoms with Crippen molar-refractivity contribution >= 4 is 28.9 Å². The summed E-state index contributed by atoms with van der Waals surface area (Å²) in [5.41, 5.74) is 1.14. The van der Waals surface area contributed by atoms with Crippen LogP contribution in [0, 0.1) is 0 Å². The van der Waals surface area contributed by atoms with Crippen LogP contribution in [0.1, 0.15) is 30.6 Å². The SMILES string of the molecule is CCC(C)Oc1cccc(C(=O)NC(=S)Nc2ccc(O)cc2)c1. The molecule has 0 saturated carbocycles. The van der Waals surface area contributed by atoms with Crippen LogP contribution in [-0.2, 0) is 0 Å². The summed E-state index contributed by atoms with van der Waals surface area (Å²) in [5, 5.41) is 14.9. The van der Waals surface area contributed by atoms with Crippen molar-refractivity contribution in [3.05, 3.63) is 54.1 Å². The molecular formula is C18H20N2O3S. The number of phenols is 1. The second-order valence-electron chi connectivity index (χ2n) is 5.32. The average molecular weight is 344 g/mol. The molecule has 0 heterocycles. The zero-order chi connectivity index (χ0) is 17.5. The molecule has 2 aromatic rings. The summed E-state index contributed by atoms with van der Waals surface area (Å²) in [4.78, 5) is 12.3. The second-order valence-corrected chi connectivity index (χ2v) is 5.73.